The lowest BCUT2D eigenvalue weighted by molar-refractivity contribution is 0.102. The van der Waals surface area contributed by atoms with E-state index in [2.05, 4.69) is 73.0 Å². The quantitative estimate of drug-likeness (QED) is 0.773. The van der Waals surface area contributed by atoms with E-state index in [1.54, 1.807) is 12.4 Å². The molecule has 1 amide bonds. The second-order valence-electron chi connectivity index (χ2n) is 8.50. The Hall–Kier alpha value is -2.43. The number of nitrogens with one attached hydrogen (secondary N) is 1. The van der Waals surface area contributed by atoms with Crippen molar-refractivity contribution in [1.29, 1.82) is 0 Å². The number of carbonyl (C=O) groups excluding carboxylic acids is 1. The van der Waals surface area contributed by atoms with Crippen molar-refractivity contribution in [1.82, 2.24) is 9.97 Å². The summed E-state index contributed by atoms with van der Waals surface area (Å²) in [5.41, 5.74) is 3.55. The Morgan fingerprint density at radius 3 is 2.14 bits per heavy atom. The molecule has 0 unspecified atom stereocenters. The lowest BCUT2D eigenvalue weighted by Crippen LogP contribution is -2.33. The van der Waals surface area contributed by atoms with Crippen LogP contribution < -0.4 is 10.2 Å². The summed E-state index contributed by atoms with van der Waals surface area (Å²) in [7, 11) is 0. The Balaban J connectivity index is 1.78. The Morgan fingerprint density at radius 2 is 1.64 bits per heavy atom. The summed E-state index contributed by atoms with van der Waals surface area (Å²) in [6.07, 6.45) is 5.67. The molecule has 0 radical (unpaired) electrons. The Morgan fingerprint density at radius 1 is 1.04 bits per heavy atom. The van der Waals surface area contributed by atoms with Crippen LogP contribution in [0.15, 0.2) is 30.6 Å². The fourth-order valence-corrected chi connectivity index (χ4v) is 3.71. The molecule has 1 aliphatic rings. The molecule has 0 bridgehead atoms. The second kappa shape index (κ2) is 8.72. The van der Waals surface area contributed by atoms with Gasteiger partial charge in [-0.3, -0.25) is 4.79 Å². The number of carbonyl (C=O) groups is 1. The molecule has 5 heteroatoms. The molecular weight excluding hydrogens is 348 g/mol. The van der Waals surface area contributed by atoms with Crippen LogP contribution in [0.3, 0.4) is 0 Å². The number of para-hydroxylation sites is 1. The molecule has 1 fully saturated rings. The highest BCUT2D eigenvalue weighted by Gasteiger charge is 2.20. The number of piperidine rings is 1. The van der Waals surface area contributed by atoms with Gasteiger partial charge in [0.05, 0.1) is 12.4 Å². The fraction of sp³-hybridized carbons (Fsp3) is 0.522. The largest absolute Gasteiger partial charge is 0.355 e. The summed E-state index contributed by atoms with van der Waals surface area (Å²) in [5.74, 6) is 2.06. The van der Waals surface area contributed by atoms with Gasteiger partial charge in [0.25, 0.3) is 5.91 Å². The number of rotatable bonds is 5. The molecule has 1 aromatic heterocycles. The zero-order valence-corrected chi connectivity index (χ0v) is 17.7. The molecule has 0 atom stereocenters. The van der Waals surface area contributed by atoms with Crippen LogP contribution in [0.5, 0.6) is 0 Å². The van der Waals surface area contributed by atoms with Gasteiger partial charge in [-0.1, -0.05) is 52.8 Å². The Kier molecular flexibility index (Phi) is 6.32. The van der Waals surface area contributed by atoms with Crippen LogP contribution in [0.25, 0.3) is 0 Å². The molecule has 0 aliphatic carbocycles. The van der Waals surface area contributed by atoms with Crippen molar-refractivity contribution < 1.29 is 4.79 Å². The Bertz CT molecular complexity index is 780. The number of hydrogen-bond donors (Lipinski definition) is 1. The van der Waals surface area contributed by atoms with Crippen molar-refractivity contribution in [3.8, 4) is 0 Å². The summed E-state index contributed by atoms with van der Waals surface area (Å²) in [5, 5.41) is 3.11. The third-order valence-corrected chi connectivity index (χ3v) is 5.59. The summed E-state index contributed by atoms with van der Waals surface area (Å²) >= 11 is 0. The van der Waals surface area contributed by atoms with Gasteiger partial charge >= 0.3 is 0 Å². The zero-order chi connectivity index (χ0) is 20.3. The van der Waals surface area contributed by atoms with Gasteiger partial charge in [-0.25, -0.2) is 9.97 Å². The highest BCUT2D eigenvalue weighted by Crippen LogP contribution is 2.32. The van der Waals surface area contributed by atoms with Crippen molar-refractivity contribution in [2.45, 2.75) is 59.3 Å². The van der Waals surface area contributed by atoms with E-state index in [4.69, 9.17) is 0 Å². The van der Waals surface area contributed by atoms with Gasteiger partial charge in [-0.15, -0.1) is 0 Å². The summed E-state index contributed by atoms with van der Waals surface area (Å²) < 4.78 is 0. The van der Waals surface area contributed by atoms with Crippen LogP contribution in [-0.2, 0) is 0 Å². The number of aromatic nitrogens is 2. The molecule has 0 saturated carbocycles. The topological polar surface area (TPSA) is 58.1 Å². The molecule has 150 valence electrons. The first-order valence-corrected chi connectivity index (χ1v) is 10.4. The van der Waals surface area contributed by atoms with Crippen molar-refractivity contribution in [2.75, 3.05) is 23.3 Å². The van der Waals surface area contributed by atoms with Crippen LogP contribution in [-0.4, -0.2) is 29.0 Å². The first-order valence-electron chi connectivity index (χ1n) is 10.4. The maximum absolute atomic E-state index is 12.9. The van der Waals surface area contributed by atoms with Crippen LogP contribution >= 0.6 is 0 Å². The molecule has 3 rings (SSSR count). The molecule has 1 aliphatic heterocycles. The normalized spacial score (nSPS) is 15.3. The average Bonchev–Trinajstić information content (AvgIpc) is 2.68. The van der Waals surface area contributed by atoms with Gasteiger partial charge in [-0.2, -0.15) is 0 Å². The minimum atomic E-state index is -0.207. The van der Waals surface area contributed by atoms with Gasteiger partial charge in [-0.05, 0) is 41.7 Å². The minimum absolute atomic E-state index is 0.207. The molecule has 28 heavy (non-hydrogen) atoms. The molecular formula is C23H32N4O. The van der Waals surface area contributed by atoms with Crippen molar-refractivity contribution in [3.05, 3.63) is 47.4 Å². The van der Waals surface area contributed by atoms with E-state index >= 15 is 0 Å². The first kappa shape index (κ1) is 20.3. The van der Waals surface area contributed by atoms with Gasteiger partial charge in [0.2, 0.25) is 0 Å². The molecule has 0 spiro atoms. The van der Waals surface area contributed by atoms with Crippen LogP contribution in [0, 0.1) is 5.92 Å². The molecule has 5 nitrogen and oxygen atoms in total. The highest BCUT2D eigenvalue weighted by molar-refractivity contribution is 6.03. The Labute approximate surface area is 168 Å². The van der Waals surface area contributed by atoms with Gasteiger partial charge in [0.1, 0.15) is 11.5 Å². The maximum atomic E-state index is 12.9. The molecule has 1 aromatic carbocycles. The molecule has 2 heterocycles. The SMILES string of the molecule is CC1CCN(c2cnc(C(=O)Nc3c(C(C)C)cccc3C(C)C)cn2)CC1. The van der Waals surface area contributed by atoms with E-state index in [0.717, 1.165) is 41.6 Å². The van der Waals surface area contributed by atoms with Crippen molar-refractivity contribution in [2.24, 2.45) is 5.92 Å². The zero-order valence-electron chi connectivity index (χ0n) is 17.7. The summed E-state index contributed by atoms with van der Waals surface area (Å²) in [6.45, 7) is 12.9. The number of anilines is 2. The summed E-state index contributed by atoms with van der Waals surface area (Å²) in [6, 6.07) is 6.23. The lowest BCUT2D eigenvalue weighted by atomic mass is 9.92. The van der Waals surface area contributed by atoms with E-state index < -0.39 is 0 Å². The lowest BCUT2D eigenvalue weighted by Gasteiger charge is -2.30. The third-order valence-electron chi connectivity index (χ3n) is 5.59. The minimum Gasteiger partial charge on any atom is -0.355 e. The monoisotopic (exact) mass is 380 g/mol. The van der Waals surface area contributed by atoms with E-state index in [0.29, 0.717) is 17.5 Å². The maximum Gasteiger partial charge on any atom is 0.275 e. The van der Waals surface area contributed by atoms with E-state index in [-0.39, 0.29) is 5.91 Å². The van der Waals surface area contributed by atoms with Crippen LogP contribution in [0.2, 0.25) is 0 Å². The van der Waals surface area contributed by atoms with Gasteiger partial charge in [0, 0.05) is 18.8 Å². The smallest absolute Gasteiger partial charge is 0.275 e. The molecule has 1 saturated heterocycles. The average molecular weight is 381 g/mol. The fourth-order valence-electron chi connectivity index (χ4n) is 3.71. The number of nitrogens with zero attached hydrogens (tertiary/aromatic N) is 3. The van der Waals surface area contributed by atoms with Gasteiger partial charge < -0.3 is 10.2 Å². The van der Waals surface area contributed by atoms with Gasteiger partial charge in [0.15, 0.2) is 0 Å². The first-order chi connectivity index (χ1) is 13.4. The predicted molar refractivity (Wildman–Crippen MR) is 115 cm³/mol. The van der Waals surface area contributed by atoms with E-state index in [9.17, 15) is 4.79 Å². The number of hydrogen-bond acceptors (Lipinski definition) is 4. The van der Waals surface area contributed by atoms with Crippen LogP contribution in [0.4, 0.5) is 11.5 Å². The number of benzene rings is 1. The van der Waals surface area contributed by atoms with E-state index in [1.807, 2.05) is 0 Å². The molecule has 2 aromatic rings. The third kappa shape index (κ3) is 4.51. The highest BCUT2D eigenvalue weighted by atomic mass is 16.1. The summed E-state index contributed by atoms with van der Waals surface area (Å²) in [4.78, 5) is 24.0. The van der Waals surface area contributed by atoms with Crippen molar-refractivity contribution in [3.63, 3.8) is 0 Å². The predicted octanol–water partition coefficient (Wildman–Crippen LogP) is 5.21. The second-order valence-corrected chi connectivity index (χ2v) is 8.50. The number of amides is 1. The van der Waals surface area contributed by atoms with Crippen molar-refractivity contribution >= 4 is 17.4 Å². The van der Waals surface area contributed by atoms with E-state index in [1.165, 1.54) is 12.8 Å². The molecule has 1 N–H and O–H groups in total. The standard InChI is InChI=1S/C23H32N4O/c1-15(2)18-7-6-8-19(16(3)4)22(18)26-23(28)20-13-25-21(14-24-20)27-11-9-17(5)10-12-27/h6-8,13-17H,9-12H2,1-5H3,(H,26,28). The van der Waals surface area contributed by atoms with Crippen LogP contribution in [0.1, 0.15) is 80.9 Å².